The van der Waals surface area contributed by atoms with E-state index in [1.807, 2.05) is 0 Å². The van der Waals surface area contributed by atoms with Crippen LogP contribution in [0.4, 0.5) is 4.79 Å². The number of likely N-dealkylation sites (tertiary alicyclic amines) is 1. The lowest BCUT2D eigenvalue weighted by Crippen LogP contribution is -2.58. The van der Waals surface area contributed by atoms with Crippen LogP contribution in [0.5, 0.6) is 0 Å². The number of hydrogen-bond acceptors (Lipinski definition) is 10. The van der Waals surface area contributed by atoms with Gasteiger partial charge in [-0.05, 0) is 76.4 Å². The fourth-order valence-corrected chi connectivity index (χ4v) is 8.17. The smallest absolute Gasteiger partial charge is 0.411 e. The maximum Gasteiger partial charge on any atom is 0.411 e. The third-order valence-corrected chi connectivity index (χ3v) is 19.0. The Hall–Kier alpha value is -1.24. The van der Waals surface area contributed by atoms with Crippen LogP contribution in [0.25, 0.3) is 10.4 Å². The zero-order chi connectivity index (χ0) is 35.9. The van der Waals surface area contributed by atoms with Crippen LogP contribution in [-0.2, 0) is 37.4 Å². The van der Waals surface area contributed by atoms with Gasteiger partial charge in [-0.3, -0.25) is 9.08 Å². The first-order chi connectivity index (χ1) is 20.4. The van der Waals surface area contributed by atoms with Crippen LogP contribution in [0.2, 0.25) is 36.3 Å². The second-order valence-corrected chi connectivity index (χ2v) is 28.2. The highest BCUT2D eigenvalue weighted by Gasteiger charge is 2.62. The van der Waals surface area contributed by atoms with Gasteiger partial charge in [-0.25, -0.2) is 4.79 Å². The molecule has 2 aliphatic heterocycles. The Kier molecular flexibility index (Phi) is 12.4. The summed E-state index contributed by atoms with van der Waals surface area (Å²) in [7, 11) is -8.80. The molecule has 1 amide bonds. The van der Waals surface area contributed by atoms with E-state index in [-0.39, 0.29) is 29.6 Å². The minimum atomic E-state index is -3.91. The molecule has 0 aromatic heterocycles. The summed E-state index contributed by atoms with van der Waals surface area (Å²) in [5.74, 6) is -1.00. The number of amides is 1. The average molecular weight is 709 g/mol. The zero-order valence-corrected chi connectivity index (χ0v) is 33.8. The highest BCUT2D eigenvalue weighted by Crippen LogP contribution is 2.46. The van der Waals surface area contributed by atoms with Crippen molar-refractivity contribution in [2.45, 2.75) is 167 Å². The molecule has 46 heavy (non-hydrogen) atoms. The molecular weight excluding hydrogens is 649 g/mol. The molecule has 0 unspecified atom stereocenters. The topological polar surface area (TPSA) is 159 Å². The number of rotatable bonds is 12. The van der Waals surface area contributed by atoms with Gasteiger partial charge < -0.3 is 23.1 Å². The molecule has 0 aliphatic carbocycles. The molecule has 2 saturated heterocycles. The molecule has 6 atom stereocenters. The van der Waals surface area contributed by atoms with E-state index >= 15 is 0 Å². The Balaban J connectivity index is 2.77. The predicted molar refractivity (Wildman–Crippen MR) is 183 cm³/mol. The van der Waals surface area contributed by atoms with Crippen molar-refractivity contribution >= 4 is 32.8 Å². The lowest BCUT2D eigenvalue weighted by Gasteiger charge is -2.45. The predicted octanol–water partition coefficient (Wildman–Crippen LogP) is 6.95. The zero-order valence-electron chi connectivity index (χ0n) is 31.0. The van der Waals surface area contributed by atoms with Crippen LogP contribution in [0.1, 0.15) is 82.6 Å². The van der Waals surface area contributed by atoms with Crippen LogP contribution in [0.3, 0.4) is 0 Å². The largest absolute Gasteiger partial charge is 0.444 e. The monoisotopic (exact) mass is 708 g/mol. The lowest BCUT2D eigenvalue weighted by molar-refractivity contribution is -0.172. The third-order valence-electron chi connectivity index (χ3n) is 9.37. The molecule has 0 saturated carbocycles. The maximum absolute atomic E-state index is 14.1. The molecule has 0 spiro atoms. The van der Waals surface area contributed by atoms with E-state index in [0.29, 0.717) is 0 Å². The fraction of sp³-hybridized carbons (Fsp3) is 0.967. The van der Waals surface area contributed by atoms with Gasteiger partial charge in [-0.1, -0.05) is 46.7 Å². The molecular formula is C30H60N4O9SSi2. The van der Waals surface area contributed by atoms with Gasteiger partial charge in [0.1, 0.15) is 23.9 Å². The quantitative estimate of drug-likeness (QED) is 0.0687. The molecule has 2 aliphatic rings. The third kappa shape index (κ3) is 10.6. The minimum absolute atomic E-state index is 0.0131. The molecule has 2 heterocycles. The number of carbonyl (C=O) groups excluding carboxylic acids is 1. The van der Waals surface area contributed by atoms with Gasteiger partial charge in [-0.2, -0.15) is 8.42 Å². The van der Waals surface area contributed by atoms with E-state index in [1.165, 1.54) is 4.90 Å². The molecule has 0 aromatic rings. The van der Waals surface area contributed by atoms with Gasteiger partial charge in [0.15, 0.2) is 22.4 Å². The maximum atomic E-state index is 14.1. The van der Waals surface area contributed by atoms with Crippen LogP contribution >= 0.6 is 0 Å². The second-order valence-electron chi connectivity index (χ2n) is 17.1. The van der Waals surface area contributed by atoms with E-state index in [0.717, 1.165) is 6.26 Å². The number of carbonyl (C=O) groups is 1. The Morgan fingerprint density at radius 3 is 1.96 bits per heavy atom. The molecule has 0 radical (unpaired) electrons. The van der Waals surface area contributed by atoms with Crippen LogP contribution in [-0.4, -0.2) is 103 Å². The van der Waals surface area contributed by atoms with Crippen molar-refractivity contribution in [2.75, 3.05) is 19.4 Å². The van der Waals surface area contributed by atoms with Gasteiger partial charge in [-0.15, -0.1) is 0 Å². The first-order valence-electron chi connectivity index (χ1n) is 16.0. The van der Waals surface area contributed by atoms with Crippen molar-refractivity contribution < 1.29 is 40.5 Å². The van der Waals surface area contributed by atoms with E-state index in [2.05, 4.69) is 77.8 Å². The number of nitrogens with zero attached hydrogens (tertiary/aromatic N) is 4. The van der Waals surface area contributed by atoms with E-state index in [4.69, 9.17) is 27.2 Å². The average Bonchev–Trinajstić information content (AvgIpc) is 3.27. The van der Waals surface area contributed by atoms with Gasteiger partial charge in [0.25, 0.3) is 10.1 Å². The molecule has 0 aromatic carbocycles. The summed E-state index contributed by atoms with van der Waals surface area (Å²) in [4.78, 5) is 18.5. The van der Waals surface area contributed by atoms with Crippen molar-refractivity contribution in [1.29, 1.82) is 0 Å². The van der Waals surface area contributed by atoms with E-state index in [1.54, 1.807) is 34.6 Å². The molecule has 2 rings (SSSR count). The molecule has 13 nitrogen and oxygen atoms in total. The second kappa shape index (κ2) is 13.9. The van der Waals surface area contributed by atoms with Crippen molar-refractivity contribution in [1.82, 2.24) is 4.90 Å². The van der Waals surface area contributed by atoms with Crippen molar-refractivity contribution in [3.05, 3.63) is 10.4 Å². The summed E-state index contributed by atoms with van der Waals surface area (Å²) < 4.78 is 63.2. The van der Waals surface area contributed by atoms with Crippen LogP contribution < -0.4 is 0 Å². The van der Waals surface area contributed by atoms with Crippen LogP contribution in [0, 0.1) is 0 Å². The fourth-order valence-electron chi connectivity index (χ4n) is 5.16. The molecule has 0 N–H and O–H groups in total. The Bertz CT molecular complexity index is 1240. The summed E-state index contributed by atoms with van der Waals surface area (Å²) in [6, 6.07) is -1.53. The van der Waals surface area contributed by atoms with Crippen molar-refractivity contribution in [2.24, 2.45) is 5.11 Å². The van der Waals surface area contributed by atoms with Gasteiger partial charge in [0, 0.05) is 17.9 Å². The number of fused-ring (bicyclic) bond motifs is 1. The van der Waals surface area contributed by atoms with E-state index in [9.17, 15) is 18.7 Å². The first-order valence-corrected chi connectivity index (χ1v) is 23.6. The number of azide groups is 1. The molecule has 268 valence electrons. The van der Waals surface area contributed by atoms with Gasteiger partial charge in [0.05, 0.1) is 31.1 Å². The van der Waals surface area contributed by atoms with Crippen molar-refractivity contribution in [3.8, 4) is 0 Å². The summed E-state index contributed by atoms with van der Waals surface area (Å²) in [6.07, 6.45) is -2.64. The van der Waals surface area contributed by atoms with Gasteiger partial charge >= 0.3 is 6.09 Å². The Labute approximate surface area is 279 Å². The Morgan fingerprint density at radius 2 is 1.50 bits per heavy atom. The first kappa shape index (κ1) is 40.9. The van der Waals surface area contributed by atoms with Crippen molar-refractivity contribution in [3.63, 3.8) is 0 Å². The van der Waals surface area contributed by atoms with E-state index < -0.39 is 80.7 Å². The minimum Gasteiger partial charge on any atom is -0.444 e. The standard InChI is InChI=1S/C30H60N4O9SSi2/c1-27(2,3)41-26(35)34-21(18-32-33-31)24-25(40-30(10,11)39-24)23(34)22(43-46(15,16)29(7,8)9)17-20(42-44(12,36)37)19-38-45(13,14)28(4,5)6/h20-25H,17-19H2,1-16H3/t20-,21+,22+,23+,24+,25-/m1/s1. The number of ether oxygens (including phenoxy) is 3. The van der Waals surface area contributed by atoms with Crippen LogP contribution in [0.15, 0.2) is 5.11 Å². The summed E-state index contributed by atoms with van der Waals surface area (Å²) in [6.45, 7) is 29.8. The highest BCUT2D eigenvalue weighted by atomic mass is 32.2. The SMILES string of the molecule is CC(C)(C)OC(=O)N1[C@@H]([C@H](C[C@H](CO[Si](C)(C)C(C)(C)C)OS(C)(=O)=O)O[Si](C)(C)C(C)(C)C)[C@H]2OC(C)(C)O[C@H]2[C@@H]1CN=[N+]=[N-]. The Morgan fingerprint density at radius 1 is 0.978 bits per heavy atom. The normalized spacial score (nSPS) is 25.5. The number of hydrogen-bond donors (Lipinski definition) is 0. The molecule has 16 heteroatoms. The highest BCUT2D eigenvalue weighted by molar-refractivity contribution is 7.86. The summed E-state index contributed by atoms with van der Waals surface area (Å²) in [5, 5.41) is 3.47. The van der Waals surface area contributed by atoms with Gasteiger partial charge in [0.2, 0.25) is 0 Å². The summed E-state index contributed by atoms with van der Waals surface area (Å²) in [5.41, 5.74) is 8.42. The molecule has 0 bridgehead atoms. The molecule has 2 fully saturated rings. The lowest BCUT2D eigenvalue weighted by atomic mass is 9.99. The summed E-state index contributed by atoms with van der Waals surface area (Å²) >= 11 is 0.